The number of benzene rings is 2. The third-order valence-electron chi connectivity index (χ3n) is 5.06. The van der Waals surface area contributed by atoms with E-state index in [0.29, 0.717) is 35.4 Å². The van der Waals surface area contributed by atoms with Crippen LogP contribution in [0, 0.1) is 0 Å². The number of aromatic nitrogens is 3. The average molecular weight is 418 g/mol. The molecule has 31 heavy (non-hydrogen) atoms. The van der Waals surface area contributed by atoms with Crippen molar-refractivity contribution in [2.45, 2.75) is 6.04 Å². The number of hydrogen-bond acceptors (Lipinski definition) is 8. The standard InChI is InChI=1S/C23H22N4O4/c1-29-18-12-6-4-9-15(18)20-21(16-10-5-7-13-19(16)30-2)25-26-23(24-20)27-14-8-11-17(27)22(28)31-3/h4-13,17H,14H2,1-3H3. The van der Waals surface area contributed by atoms with Crippen molar-refractivity contribution in [1.29, 1.82) is 0 Å². The van der Waals surface area contributed by atoms with Gasteiger partial charge in [0.15, 0.2) is 0 Å². The van der Waals surface area contributed by atoms with Crippen LogP contribution in [0.1, 0.15) is 0 Å². The number of anilines is 1. The largest absolute Gasteiger partial charge is 0.496 e. The lowest BCUT2D eigenvalue weighted by molar-refractivity contribution is -0.140. The van der Waals surface area contributed by atoms with E-state index >= 15 is 0 Å². The fourth-order valence-corrected chi connectivity index (χ4v) is 3.54. The summed E-state index contributed by atoms with van der Waals surface area (Å²) in [4.78, 5) is 18.8. The first-order valence-electron chi connectivity index (χ1n) is 9.70. The van der Waals surface area contributed by atoms with Crippen molar-refractivity contribution in [3.05, 3.63) is 60.7 Å². The number of esters is 1. The van der Waals surface area contributed by atoms with Crippen molar-refractivity contribution in [2.24, 2.45) is 0 Å². The lowest BCUT2D eigenvalue weighted by Gasteiger charge is -2.23. The van der Waals surface area contributed by atoms with E-state index in [1.54, 1.807) is 25.2 Å². The van der Waals surface area contributed by atoms with E-state index in [9.17, 15) is 4.79 Å². The van der Waals surface area contributed by atoms with Gasteiger partial charge in [-0.1, -0.05) is 36.4 Å². The predicted molar refractivity (Wildman–Crippen MR) is 116 cm³/mol. The van der Waals surface area contributed by atoms with E-state index in [4.69, 9.17) is 19.2 Å². The van der Waals surface area contributed by atoms with Crippen molar-refractivity contribution in [2.75, 3.05) is 32.8 Å². The van der Waals surface area contributed by atoms with Crippen molar-refractivity contribution >= 4 is 11.9 Å². The Labute approximate surface area is 180 Å². The summed E-state index contributed by atoms with van der Waals surface area (Å²) in [5.74, 6) is 1.23. The third kappa shape index (κ3) is 3.79. The molecule has 4 rings (SSSR count). The maximum atomic E-state index is 12.2. The van der Waals surface area contributed by atoms with E-state index in [2.05, 4.69) is 10.2 Å². The van der Waals surface area contributed by atoms with Gasteiger partial charge in [0.05, 0.1) is 21.3 Å². The van der Waals surface area contributed by atoms with Crippen molar-refractivity contribution < 1.29 is 19.0 Å². The van der Waals surface area contributed by atoms with Crippen LogP contribution in [0.25, 0.3) is 22.5 Å². The molecule has 2 heterocycles. The molecular formula is C23H22N4O4. The zero-order chi connectivity index (χ0) is 21.8. The number of carbonyl (C=O) groups excluding carboxylic acids is 1. The SMILES string of the molecule is COC(=O)C1C=CCN1c1nnc(-c2ccccc2OC)c(-c2ccccc2OC)n1. The smallest absolute Gasteiger partial charge is 0.332 e. The van der Waals surface area contributed by atoms with Gasteiger partial charge in [-0.3, -0.25) is 0 Å². The minimum Gasteiger partial charge on any atom is -0.496 e. The van der Waals surface area contributed by atoms with E-state index in [0.717, 1.165) is 11.1 Å². The summed E-state index contributed by atoms with van der Waals surface area (Å²) >= 11 is 0. The van der Waals surface area contributed by atoms with E-state index in [1.165, 1.54) is 7.11 Å². The lowest BCUT2D eigenvalue weighted by atomic mass is 10.0. The highest BCUT2D eigenvalue weighted by molar-refractivity contribution is 5.85. The zero-order valence-electron chi connectivity index (χ0n) is 17.5. The summed E-state index contributed by atoms with van der Waals surface area (Å²) in [5, 5.41) is 8.85. The Bertz CT molecular complexity index is 1130. The van der Waals surface area contributed by atoms with Gasteiger partial charge in [0.1, 0.15) is 28.9 Å². The van der Waals surface area contributed by atoms with Crippen LogP contribution in [-0.4, -0.2) is 55.1 Å². The number of methoxy groups -OCH3 is 3. The molecule has 0 saturated heterocycles. The zero-order valence-corrected chi connectivity index (χ0v) is 17.5. The van der Waals surface area contributed by atoms with Gasteiger partial charge in [0.2, 0.25) is 5.95 Å². The summed E-state index contributed by atoms with van der Waals surface area (Å²) in [6.07, 6.45) is 3.65. The molecule has 0 bridgehead atoms. The first kappa shape index (κ1) is 20.3. The monoisotopic (exact) mass is 418 g/mol. The normalized spacial score (nSPS) is 15.1. The van der Waals surface area contributed by atoms with Crippen molar-refractivity contribution in [3.63, 3.8) is 0 Å². The minimum absolute atomic E-state index is 0.319. The number of hydrogen-bond donors (Lipinski definition) is 0. The molecule has 1 aliphatic rings. The molecule has 1 aliphatic heterocycles. The molecule has 2 aromatic carbocycles. The van der Waals surface area contributed by atoms with Crippen molar-refractivity contribution in [3.8, 4) is 34.0 Å². The highest BCUT2D eigenvalue weighted by Gasteiger charge is 2.31. The van der Waals surface area contributed by atoms with Gasteiger partial charge in [-0.15, -0.1) is 10.2 Å². The Morgan fingerprint density at radius 1 is 0.903 bits per heavy atom. The van der Waals surface area contributed by atoms with Crippen LogP contribution in [0.4, 0.5) is 5.95 Å². The van der Waals surface area contributed by atoms with Crippen LogP contribution in [0.2, 0.25) is 0 Å². The number of para-hydroxylation sites is 2. The second-order valence-corrected chi connectivity index (χ2v) is 6.76. The quantitative estimate of drug-likeness (QED) is 0.446. The Hall–Kier alpha value is -3.94. The molecule has 1 unspecified atom stereocenters. The molecule has 0 spiro atoms. The molecule has 0 aliphatic carbocycles. The Balaban J connectivity index is 1.90. The third-order valence-corrected chi connectivity index (χ3v) is 5.06. The number of rotatable bonds is 6. The summed E-state index contributed by atoms with van der Waals surface area (Å²) in [6.45, 7) is 0.473. The van der Waals surface area contributed by atoms with Crippen LogP contribution in [0.15, 0.2) is 60.7 Å². The fourth-order valence-electron chi connectivity index (χ4n) is 3.54. The van der Waals surface area contributed by atoms with Gasteiger partial charge >= 0.3 is 5.97 Å². The molecule has 8 heteroatoms. The van der Waals surface area contributed by atoms with Crippen LogP contribution >= 0.6 is 0 Å². The topological polar surface area (TPSA) is 86.7 Å². The van der Waals surface area contributed by atoms with E-state index in [1.807, 2.05) is 54.6 Å². The van der Waals surface area contributed by atoms with Gasteiger partial charge in [-0.25, -0.2) is 9.78 Å². The van der Waals surface area contributed by atoms with Crippen LogP contribution < -0.4 is 14.4 Å². The Kier molecular flexibility index (Phi) is 5.79. The van der Waals surface area contributed by atoms with Crippen molar-refractivity contribution in [1.82, 2.24) is 15.2 Å². The average Bonchev–Trinajstić information content (AvgIpc) is 3.33. The van der Waals surface area contributed by atoms with E-state index < -0.39 is 6.04 Å². The number of ether oxygens (including phenoxy) is 3. The molecule has 1 atom stereocenters. The molecule has 0 radical (unpaired) electrons. The summed E-state index contributed by atoms with van der Waals surface area (Å²) in [5.41, 5.74) is 2.63. The first-order valence-corrected chi connectivity index (χ1v) is 9.70. The molecule has 3 aromatic rings. The molecule has 0 amide bonds. The first-order chi connectivity index (χ1) is 15.2. The molecule has 0 saturated carbocycles. The van der Waals surface area contributed by atoms with Gasteiger partial charge in [0, 0.05) is 17.7 Å². The fraction of sp³-hybridized carbons (Fsp3) is 0.217. The van der Waals surface area contributed by atoms with E-state index in [-0.39, 0.29) is 5.97 Å². The highest BCUT2D eigenvalue weighted by atomic mass is 16.5. The molecule has 158 valence electrons. The lowest BCUT2D eigenvalue weighted by Crippen LogP contribution is -2.38. The maximum Gasteiger partial charge on any atom is 0.332 e. The van der Waals surface area contributed by atoms with Gasteiger partial charge in [-0.2, -0.15) is 0 Å². The second-order valence-electron chi connectivity index (χ2n) is 6.76. The van der Waals surface area contributed by atoms with Crippen LogP contribution in [0.5, 0.6) is 11.5 Å². The molecule has 0 fully saturated rings. The summed E-state index contributed by atoms with van der Waals surface area (Å²) in [7, 11) is 4.57. The predicted octanol–water partition coefficient (Wildman–Crippen LogP) is 3.14. The van der Waals surface area contributed by atoms with Gasteiger partial charge < -0.3 is 19.1 Å². The number of carbonyl (C=O) groups is 1. The van der Waals surface area contributed by atoms with Crippen LogP contribution in [-0.2, 0) is 9.53 Å². The molecular weight excluding hydrogens is 396 g/mol. The molecule has 1 aromatic heterocycles. The van der Waals surface area contributed by atoms with Gasteiger partial charge in [-0.05, 0) is 24.3 Å². The summed E-state index contributed by atoms with van der Waals surface area (Å²) < 4.78 is 16.0. The highest BCUT2D eigenvalue weighted by Crippen LogP contribution is 2.38. The minimum atomic E-state index is -0.602. The second kappa shape index (κ2) is 8.83. The molecule has 8 nitrogen and oxygen atoms in total. The molecule has 0 N–H and O–H groups in total. The van der Waals surface area contributed by atoms with Gasteiger partial charge in [0.25, 0.3) is 0 Å². The maximum absolute atomic E-state index is 12.2. The summed E-state index contributed by atoms with van der Waals surface area (Å²) in [6, 6.07) is 14.5. The Morgan fingerprint density at radius 2 is 1.52 bits per heavy atom. The van der Waals surface area contributed by atoms with Crippen LogP contribution in [0.3, 0.4) is 0 Å². The number of nitrogens with zero attached hydrogens (tertiary/aromatic N) is 4. The Morgan fingerprint density at radius 3 is 2.13 bits per heavy atom.